The Balaban J connectivity index is 1.26. The third-order valence-corrected chi connectivity index (χ3v) is 11.6. The Labute approximate surface area is 283 Å². The molecule has 3 aliphatic carbocycles. The average molecular weight is 699 g/mol. The summed E-state index contributed by atoms with van der Waals surface area (Å²) in [6.45, 7) is 8.92. The third kappa shape index (κ3) is 7.00. The van der Waals surface area contributed by atoms with E-state index in [2.05, 4.69) is 27.3 Å². The monoisotopic (exact) mass is 698 g/mol. The fraction of sp³-hybridized carbons (Fsp3) is 0.576. The number of hydrogen-bond donors (Lipinski definition) is 4. The summed E-state index contributed by atoms with van der Waals surface area (Å²) in [6.07, 6.45) is 4.50. The number of aromatic nitrogens is 1. The van der Waals surface area contributed by atoms with Crippen LogP contribution in [0.5, 0.6) is 0 Å². The molecule has 1 aromatic carbocycles. The van der Waals surface area contributed by atoms with Crippen LogP contribution in [0.3, 0.4) is 0 Å². The standard InChI is InChI=1S/C33H42N6O9S/c1-5-19-16-33(19,29(43)37-49(46,47)21-12-13-21)36-27(41)23-15-20(34-30(44)39-22-8-6-7-9-24(22)48-31(39)45)17-38(23)28(42)26(32(2,3)4)35-25(40)14-18-10-11-18/h5-9,18-21,23,26H,1,10-17H2,2-4H3,(H,34,44)(H,35,40)(H,36,41)(H,37,43)/t19?,20-,23+,26-,33?/m1/s1. The number of carbonyl (C=O) groups excluding carboxylic acids is 5. The lowest BCUT2D eigenvalue weighted by Crippen LogP contribution is -2.60. The number of fused-ring (bicyclic) bond motifs is 1. The van der Waals surface area contributed by atoms with Crippen LogP contribution in [0.15, 0.2) is 46.1 Å². The van der Waals surface area contributed by atoms with Crippen LogP contribution in [0.2, 0.25) is 0 Å². The van der Waals surface area contributed by atoms with E-state index in [0.29, 0.717) is 12.8 Å². The maximum Gasteiger partial charge on any atom is 0.428 e. The Bertz CT molecular complexity index is 1890. The molecule has 49 heavy (non-hydrogen) atoms. The van der Waals surface area contributed by atoms with Crippen molar-refractivity contribution in [2.75, 3.05) is 6.54 Å². The van der Waals surface area contributed by atoms with E-state index in [4.69, 9.17) is 4.42 Å². The minimum atomic E-state index is -3.92. The molecule has 0 radical (unpaired) electrons. The van der Waals surface area contributed by atoms with Crippen molar-refractivity contribution in [2.45, 2.75) is 94.6 Å². The van der Waals surface area contributed by atoms with Gasteiger partial charge < -0.3 is 25.3 Å². The molecule has 2 heterocycles. The number of benzene rings is 1. The van der Waals surface area contributed by atoms with Gasteiger partial charge in [-0.3, -0.25) is 23.9 Å². The van der Waals surface area contributed by atoms with Crippen molar-refractivity contribution in [1.82, 2.24) is 30.1 Å². The topological polar surface area (TPSA) is 206 Å². The maximum absolute atomic E-state index is 14.3. The van der Waals surface area contributed by atoms with E-state index < -0.39 is 79.8 Å². The molecule has 1 saturated heterocycles. The second kappa shape index (κ2) is 12.4. The molecule has 2 aromatic rings. The molecule has 0 spiro atoms. The molecule has 5 amide bonds. The van der Waals surface area contributed by atoms with Crippen LogP contribution in [0.25, 0.3) is 11.1 Å². The molecule has 1 aromatic heterocycles. The van der Waals surface area contributed by atoms with Crippen LogP contribution in [0.1, 0.15) is 65.7 Å². The number of carbonyl (C=O) groups is 5. The molecule has 1 aliphatic heterocycles. The van der Waals surface area contributed by atoms with Crippen LogP contribution in [0.4, 0.5) is 4.79 Å². The fourth-order valence-electron chi connectivity index (χ4n) is 6.47. The van der Waals surface area contributed by atoms with Crippen molar-refractivity contribution in [3.63, 3.8) is 0 Å². The van der Waals surface area contributed by atoms with Gasteiger partial charge in [-0.1, -0.05) is 39.0 Å². The van der Waals surface area contributed by atoms with Gasteiger partial charge in [-0.2, -0.15) is 4.57 Å². The molecule has 0 bridgehead atoms. The molecular weight excluding hydrogens is 656 g/mol. The Kier molecular flexibility index (Phi) is 8.74. The van der Waals surface area contributed by atoms with Crippen LogP contribution in [-0.2, 0) is 29.2 Å². The van der Waals surface area contributed by atoms with Crippen LogP contribution in [0, 0.1) is 17.3 Å². The van der Waals surface area contributed by atoms with Crippen LogP contribution < -0.4 is 26.4 Å². The number of sulfonamides is 1. The highest BCUT2D eigenvalue weighted by Gasteiger charge is 2.62. The van der Waals surface area contributed by atoms with Crippen molar-refractivity contribution in [1.29, 1.82) is 0 Å². The first kappa shape index (κ1) is 34.4. The summed E-state index contributed by atoms with van der Waals surface area (Å²) in [7, 11) is -3.92. The van der Waals surface area contributed by atoms with Crippen molar-refractivity contribution < 1.29 is 36.8 Å². The van der Waals surface area contributed by atoms with Crippen molar-refractivity contribution in [2.24, 2.45) is 17.3 Å². The average Bonchev–Trinajstić information content (AvgIpc) is 3.94. The molecule has 4 aliphatic rings. The molecule has 2 unspecified atom stereocenters. The summed E-state index contributed by atoms with van der Waals surface area (Å²) in [6, 6.07) is 2.45. The van der Waals surface area contributed by atoms with E-state index in [1.807, 2.05) is 0 Å². The van der Waals surface area contributed by atoms with Gasteiger partial charge >= 0.3 is 11.8 Å². The molecule has 6 rings (SSSR count). The third-order valence-electron chi connectivity index (χ3n) is 9.74. The zero-order valence-electron chi connectivity index (χ0n) is 27.7. The molecule has 264 valence electrons. The molecule has 5 atom stereocenters. The van der Waals surface area contributed by atoms with Gasteiger partial charge in [0.1, 0.15) is 17.6 Å². The number of rotatable bonds is 11. The summed E-state index contributed by atoms with van der Waals surface area (Å²) >= 11 is 0. The summed E-state index contributed by atoms with van der Waals surface area (Å²) < 4.78 is 33.3. The van der Waals surface area contributed by atoms with Gasteiger partial charge in [-0.25, -0.2) is 18.0 Å². The van der Waals surface area contributed by atoms with Gasteiger partial charge in [0.05, 0.1) is 16.8 Å². The Hall–Kier alpha value is -4.47. The highest BCUT2D eigenvalue weighted by atomic mass is 32.2. The zero-order valence-corrected chi connectivity index (χ0v) is 28.5. The largest absolute Gasteiger partial charge is 0.428 e. The first-order valence-corrected chi connectivity index (χ1v) is 18.1. The first-order chi connectivity index (χ1) is 23.0. The Morgan fingerprint density at radius 2 is 1.80 bits per heavy atom. The van der Waals surface area contributed by atoms with Crippen LogP contribution in [-0.4, -0.2) is 83.0 Å². The van der Waals surface area contributed by atoms with Crippen molar-refractivity contribution in [3.8, 4) is 0 Å². The summed E-state index contributed by atoms with van der Waals surface area (Å²) in [4.78, 5) is 81.9. The van der Waals surface area contributed by atoms with Crippen LogP contribution >= 0.6 is 0 Å². The van der Waals surface area contributed by atoms with Crippen molar-refractivity contribution >= 4 is 50.8 Å². The Morgan fingerprint density at radius 3 is 2.41 bits per heavy atom. The smallest absolute Gasteiger partial charge is 0.407 e. The van der Waals surface area contributed by atoms with Gasteiger partial charge in [0, 0.05) is 18.9 Å². The summed E-state index contributed by atoms with van der Waals surface area (Å²) in [5, 5.41) is 7.64. The normalized spacial score (nSPS) is 25.7. The number of amides is 5. The quantitative estimate of drug-likeness (QED) is 0.248. The second-order valence-corrected chi connectivity index (χ2v) is 16.7. The number of para-hydroxylation sites is 2. The number of nitrogens with one attached hydrogen (secondary N) is 4. The van der Waals surface area contributed by atoms with Gasteiger partial charge in [-0.05, 0) is 62.0 Å². The molecule has 4 N–H and O–H groups in total. The van der Waals surface area contributed by atoms with E-state index in [9.17, 15) is 37.2 Å². The second-order valence-electron chi connectivity index (χ2n) is 14.8. The fourth-order valence-corrected chi connectivity index (χ4v) is 7.83. The van der Waals surface area contributed by atoms with E-state index in [1.54, 1.807) is 39.0 Å². The predicted octanol–water partition coefficient (Wildman–Crippen LogP) is 1.12. The number of hydrogen-bond acceptors (Lipinski definition) is 9. The minimum absolute atomic E-state index is 0.0996. The van der Waals surface area contributed by atoms with Gasteiger partial charge in [0.15, 0.2) is 5.58 Å². The number of oxazole rings is 1. The van der Waals surface area contributed by atoms with E-state index in [0.717, 1.165) is 17.4 Å². The summed E-state index contributed by atoms with van der Waals surface area (Å²) in [5.74, 6) is -3.68. The maximum atomic E-state index is 14.3. The van der Waals surface area contributed by atoms with Gasteiger partial charge in [-0.15, -0.1) is 6.58 Å². The number of likely N-dealkylation sites (tertiary alicyclic amines) is 1. The summed E-state index contributed by atoms with van der Waals surface area (Å²) in [5.41, 5.74) is -1.94. The minimum Gasteiger partial charge on any atom is -0.407 e. The number of nitrogens with zero attached hydrogens (tertiary/aromatic N) is 2. The lowest BCUT2D eigenvalue weighted by atomic mass is 9.85. The predicted molar refractivity (Wildman–Crippen MR) is 176 cm³/mol. The highest BCUT2D eigenvalue weighted by Crippen LogP contribution is 2.45. The lowest BCUT2D eigenvalue weighted by molar-refractivity contribution is -0.144. The first-order valence-electron chi connectivity index (χ1n) is 16.6. The SMILES string of the molecule is C=CC1CC1(NC(=O)[C@@H]1C[C@@H](NC(=O)n2c(=O)oc3ccccc32)CN1C(=O)[C@@H](NC(=O)CC1CC1)C(C)(C)C)C(=O)NS(=O)(=O)C1CC1. The van der Waals surface area contributed by atoms with Gasteiger partial charge in [0.25, 0.3) is 5.91 Å². The molecule has 15 nitrogen and oxygen atoms in total. The molecular formula is C33H42N6O9S. The molecule has 16 heteroatoms. The van der Waals surface area contributed by atoms with Gasteiger partial charge in [0.2, 0.25) is 27.7 Å². The molecule has 3 saturated carbocycles. The van der Waals surface area contributed by atoms with E-state index in [-0.39, 0.29) is 48.7 Å². The zero-order chi connectivity index (χ0) is 35.5. The molecule has 4 fully saturated rings. The van der Waals surface area contributed by atoms with Crippen molar-refractivity contribution in [3.05, 3.63) is 47.5 Å². The lowest BCUT2D eigenvalue weighted by Gasteiger charge is -2.35. The van der Waals surface area contributed by atoms with E-state index in [1.165, 1.54) is 17.0 Å². The van der Waals surface area contributed by atoms with E-state index >= 15 is 0 Å². The Morgan fingerprint density at radius 1 is 1.10 bits per heavy atom. The highest BCUT2D eigenvalue weighted by molar-refractivity contribution is 7.91.